The third kappa shape index (κ3) is 5.49. The monoisotopic (exact) mass is 410 g/mol. The number of carbonyl (C=O) groups is 1. The molecule has 29 heavy (non-hydrogen) atoms. The van der Waals surface area contributed by atoms with E-state index in [0.717, 1.165) is 5.56 Å². The number of carbonyl (C=O) groups excluding carboxylic acids is 1. The lowest BCUT2D eigenvalue weighted by Crippen LogP contribution is -2.15. The van der Waals surface area contributed by atoms with Crippen LogP contribution < -0.4 is 15.2 Å². The van der Waals surface area contributed by atoms with Crippen LogP contribution in [0.15, 0.2) is 78.0 Å². The maximum Gasteiger partial charge on any atom is 0.369 e. The minimum Gasteiger partial charge on any atom is -0.497 e. The van der Waals surface area contributed by atoms with E-state index in [1.54, 1.807) is 43.5 Å². The predicted molar refractivity (Wildman–Crippen MR) is 111 cm³/mol. The second-order valence-corrected chi connectivity index (χ2v) is 6.43. The summed E-state index contributed by atoms with van der Waals surface area (Å²) in [6.07, 6.45) is 0. The summed E-state index contributed by atoms with van der Waals surface area (Å²) in [5.41, 5.74) is 7.59. The molecule has 0 saturated heterocycles. The van der Waals surface area contributed by atoms with E-state index in [9.17, 15) is 4.79 Å². The molecule has 0 saturated carbocycles. The molecule has 3 aromatic rings. The van der Waals surface area contributed by atoms with Gasteiger partial charge in [0, 0.05) is 10.6 Å². The van der Waals surface area contributed by atoms with Gasteiger partial charge in [0.05, 0.1) is 7.11 Å². The average Bonchev–Trinajstić information content (AvgIpc) is 2.77. The minimum atomic E-state index is -0.730. The van der Waals surface area contributed by atoms with Gasteiger partial charge in [-0.25, -0.2) is 4.79 Å². The largest absolute Gasteiger partial charge is 0.497 e. The highest BCUT2D eigenvalue weighted by atomic mass is 35.5. The van der Waals surface area contributed by atoms with Crippen molar-refractivity contribution in [2.45, 2.75) is 6.61 Å². The van der Waals surface area contributed by atoms with Crippen LogP contribution >= 0.6 is 11.6 Å². The summed E-state index contributed by atoms with van der Waals surface area (Å²) in [4.78, 5) is 17.5. The van der Waals surface area contributed by atoms with E-state index in [4.69, 9.17) is 31.6 Å². The van der Waals surface area contributed by atoms with Gasteiger partial charge in [0.1, 0.15) is 23.7 Å². The van der Waals surface area contributed by atoms with Gasteiger partial charge in [-0.1, -0.05) is 47.1 Å². The summed E-state index contributed by atoms with van der Waals surface area (Å²) in [6.45, 7) is 0.292. The van der Waals surface area contributed by atoms with Crippen LogP contribution in [0.5, 0.6) is 11.5 Å². The van der Waals surface area contributed by atoms with Crippen LogP contribution in [0.2, 0.25) is 5.02 Å². The highest BCUT2D eigenvalue weighted by Gasteiger charge is 2.16. The molecule has 0 heterocycles. The molecule has 0 fully saturated rings. The Morgan fingerprint density at radius 2 is 1.76 bits per heavy atom. The highest BCUT2D eigenvalue weighted by molar-refractivity contribution is 6.31. The van der Waals surface area contributed by atoms with Crippen molar-refractivity contribution in [3.8, 4) is 11.5 Å². The first-order valence-electron chi connectivity index (χ1n) is 8.72. The molecule has 0 aliphatic carbocycles. The van der Waals surface area contributed by atoms with Gasteiger partial charge >= 0.3 is 5.97 Å². The molecule has 0 aliphatic heterocycles. The summed E-state index contributed by atoms with van der Waals surface area (Å²) in [6, 6.07) is 21.2. The summed E-state index contributed by atoms with van der Waals surface area (Å²) in [5, 5.41) is 4.09. The summed E-state index contributed by atoms with van der Waals surface area (Å²) >= 11 is 6.03. The first-order valence-corrected chi connectivity index (χ1v) is 9.10. The Morgan fingerprint density at radius 3 is 2.45 bits per heavy atom. The van der Waals surface area contributed by atoms with E-state index >= 15 is 0 Å². The second kappa shape index (κ2) is 9.61. The number of nitrogens with zero attached hydrogens (tertiary/aromatic N) is 1. The number of methoxy groups -OCH3 is 1. The molecule has 0 bridgehead atoms. The van der Waals surface area contributed by atoms with Gasteiger partial charge in [-0.05, 0) is 48.0 Å². The summed E-state index contributed by atoms with van der Waals surface area (Å²) < 4.78 is 10.9. The molecule has 3 aromatic carbocycles. The number of halogens is 1. The molecule has 0 aromatic heterocycles. The molecule has 0 amide bonds. The van der Waals surface area contributed by atoms with Crippen molar-refractivity contribution in [1.82, 2.24) is 0 Å². The molecular formula is C22H19ClN2O4. The van der Waals surface area contributed by atoms with Crippen molar-refractivity contribution in [1.29, 1.82) is 0 Å². The van der Waals surface area contributed by atoms with Crippen molar-refractivity contribution in [3.63, 3.8) is 0 Å². The first kappa shape index (κ1) is 20.2. The smallest absolute Gasteiger partial charge is 0.369 e. The lowest BCUT2D eigenvalue weighted by Gasteiger charge is -2.10. The minimum absolute atomic E-state index is 0.0507. The van der Waals surface area contributed by atoms with Crippen molar-refractivity contribution in [3.05, 3.63) is 94.5 Å². The number of oxime groups is 1. The maximum absolute atomic E-state index is 12.5. The standard InChI is InChI=1S/C22H19ClN2O4/c1-27-18-10-7-16(8-11-18)21(24)25-29-22(26)19-13-17(23)9-12-20(19)28-14-15-5-3-2-4-6-15/h2-13H,14H2,1H3,(H2,24,25). The fraction of sp³-hybridized carbons (Fsp3) is 0.0909. The third-order valence-electron chi connectivity index (χ3n) is 4.01. The molecule has 0 atom stereocenters. The third-order valence-corrected chi connectivity index (χ3v) is 4.25. The van der Waals surface area contributed by atoms with Crippen LogP contribution in [-0.4, -0.2) is 18.9 Å². The Kier molecular flexibility index (Phi) is 6.71. The Hall–Kier alpha value is -3.51. The SMILES string of the molecule is COc1ccc(/C(N)=N\OC(=O)c2cc(Cl)ccc2OCc2ccccc2)cc1. The van der Waals surface area contributed by atoms with Gasteiger partial charge in [-0.15, -0.1) is 0 Å². The molecule has 0 radical (unpaired) electrons. The number of hydrogen-bond acceptors (Lipinski definition) is 5. The van der Waals surface area contributed by atoms with Crippen LogP contribution in [-0.2, 0) is 11.4 Å². The van der Waals surface area contributed by atoms with E-state index in [1.807, 2.05) is 30.3 Å². The molecule has 7 heteroatoms. The molecule has 148 valence electrons. The van der Waals surface area contributed by atoms with Crippen LogP contribution in [0.25, 0.3) is 0 Å². The fourth-order valence-electron chi connectivity index (χ4n) is 2.48. The van der Waals surface area contributed by atoms with E-state index in [2.05, 4.69) is 5.16 Å². The van der Waals surface area contributed by atoms with Crippen LogP contribution in [0, 0.1) is 0 Å². The zero-order valence-corrected chi connectivity index (χ0v) is 16.4. The zero-order valence-electron chi connectivity index (χ0n) is 15.7. The van der Waals surface area contributed by atoms with Gasteiger partial charge in [-0.3, -0.25) is 0 Å². The van der Waals surface area contributed by atoms with Gasteiger partial charge < -0.3 is 20.0 Å². The van der Waals surface area contributed by atoms with E-state index < -0.39 is 5.97 Å². The van der Waals surface area contributed by atoms with E-state index in [-0.39, 0.29) is 11.4 Å². The molecule has 0 spiro atoms. The number of rotatable bonds is 7. The maximum atomic E-state index is 12.5. The predicted octanol–water partition coefficient (Wildman–Crippen LogP) is 4.40. The summed E-state index contributed by atoms with van der Waals surface area (Å²) in [7, 11) is 1.57. The Balaban J connectivity index is 1.72. The number of benzene rings is 3. The fourth-order valence-corrected chi connectivity index (χ4v) is 2.65. The second-order valence-electron chi connectivity index (χ2n) is 6.00. The van der Waals surface area contributed by atoms with Crippen LogP contribution in [0.4, 0.5) is 0 Å². The number of nitrogens with two attached hydrogens (primary N) is 1. The van der Waals surface area contributed by atoms with E-state index in [0.29, 0.717) is 28.7 Å². The average molecular weight is 411 g/mol. The van der Waals surface area contributed by atoms with Gasteiger partial charge in [0.25, 0.3) is 0 Å². The first-order chi connectivity index (χ1) is 14.1. The van der Waals surface area contributed by atoms with Crippen molar-refractivity contribution in [2.24, 2.45) is 10.9 Å². The van der Waals surface area contributed by atoms with Gasteiger partial charge in [0.15, 0.2) is 5.84 Å². The topological polar surface area (TPSA) is 83.1 Å². The lowest BCUT2D eigenvalue weighted by atomic mass is 10.2. The van der Waals surface area contributed by atoms with Crippen molar-refractivity contribution >= 4 is 23.4 Å². The van der Waals surface area contributed by atoms with Crippen molar-refractivity contribution in [2.75, 3.05) is 7.11 Å². The quantitative estimate of drug-likeness (QED) is 0.270. The highest BCUT2D eigenvalue weighted by Crippen LogP contribution is 2.25. The molecule has 2 N–H and O–H groups in total. The number of hydrogen-bond donors (Lipinski definition) is 1. The Morgan fingerprint density at radius 1 is 1.03 bits per heavy atom. The van der Waals surface area contributed by atoms with Crippen LogP contribution in [0.3, 0.4) is 0 Å². The van der Waals surface area contributed by atoms with Crippen molar-refractivity contribution < 1.29 is 19.1 Å². The number of amidine groups is 1. The number of ether oxygens (including phenoxy) is 2. The molecule has 0 unspecified atom stereocenters. The van der Waals surface area contributed by atoms with Crippen LogP contribution in [0.1, 0.15) is 21.5 Å². The molecule has 6 nitrogen and oxygen atoms in total. The lowest BCUT2D eigenvalue weighted by molar-refractivity contribution is 0.0511. The summed E-state index contributed by atoms with van der Waals surface area (Å²) in [5.74, 6) is 0.334. The normalized spacial score (nSPS) is 11.0. The molecule has 3 rings (SSSR count). The zero-order chi connectivity index (χ0) is 20.6. The van der Waals surface area contributed by atoms with Gasteiger partial charge in [-0.2, -0.15) is 0 Å². The van der Waals surface area contributed by atoms with Gasteiger partial charge in [0.2, 0.25) is 0 Å². The Bertz CT molecular complexity index is 1010. The Labute approximate surface area is 173 Å². The molecule has 0 aliphatic rings. The van der Waals surface area contributed by atoms with E-state index in [1.165, 1.54) is 6.07 Å². The molecular weight excluding hydrogens is 392 g/mol.